The van der Waals surface area contributed by atoms with Crippen LogP contribution in [0.5, 0.6) is 0 Å². The lowest BCUT2D eigenvalue weighted by Gasteiger charge is -2.10. The highest BCUT2D eigenvalue weighted by molar-refractivity contribution is 9.10. The summed E-state index contributed by atoms with van der Waals surface area (Å²) >= 11 is 3.81. The van der Waals surface area contributed by atoms with Crippen LogP contribution in [0.3, 0.4) is 0 Å². The maximum atomic E-state index is 3.81. The molecule has 0 atom stereocenters. The number of para-hydroxylation sites is 1. The van der Waals surface area contributed by atoms with E-state index in [-0.39, 0.29) is 0 Å². The van der Waals surface area contributed by atoms with Crippen molar-refractivity contribution in [3.8, 4) is 16.8 Å². The second-order valence-electron chi connectivity index (χ2n) is 7.56. The van der Waals surface area contributed by atoms with E-state index in [2.05, 4.69) is 130 Å². The number of aromatic nitrogens is 1. The Morgan fingerprint density at radius 2 is 1.10 bits per heavy atom. The van der Waals surface area contributed by atoms with Crippen molar-refractivity contribution in [2.24, 2.45) is 0 Å². The summed E-state index contributed by atoms with van der Waals surface area (Å²) in [5.74, 6) is 0. The lowest BCUT2D eigenvalue weighted by Crippen LogP contribution is -1.94. The second kappa shape index (κ2) is 6.86. The molecule has 1 aromatic heterocycles. The number of hydrogen-bond acceptors (Lipinski definition) is 0. The quantitative estimate of drug-likeness (QED) is 0.251. The van der Waals surface area contributed by atoms with E-state index in [1.54, 1.807) is 0 Å². The highest BCUT2D eigenvalue weighted by Gasteiger charge is 2.16. The number of hydrogen-bond donors (Lipinski definition) is 0. The fourth-order valence-corrected chi connectivity index (χ4v) is 5.06. The molecule has 0 aliphatic carbocycles. The third-order valence-corrected chi connectivity index (χ3v) is 6.52. The third-order valence-electron chi connectivity index (χ3n) is 5.86. The molecule has 30 heavy (non-hydrogen) atoms. The smallest absolute Gasteiger partial charge is 0.0558 e. The van der Waals surface area contributed by atoms with Gasteiger partial charge in [-0.25, -0.2) is 0 Å². The highest BCUT2D eigenvalue weighted by Crippen LogP contribution is 2.39. The molecule has 0 saturated carbocycles. The van der Waals surface area contributed by atoms with Gasteiger partial charge in [0.2, 0.25) is 0 Å². The van der Waals surface area contributed by atoms with E-state index in [9.17, 15) is 0 Å². The zero-order valence-electron chi connectivity index (χ0n) is 16.2. The van der Waals surface area contributed by atoms with E-state index in [0.29, 0.717) is 0 Å². The predicted molar refractivity (Wildman–Crippen MR) is 131 cm³/mol. The van der Waals surface area contributed by atoms with Gasteiger partial charge in [-0.05, 0) is 46.2 Å². The van der Waals surface area contributed by atoms with E-state index < -0.39 is 0 Å². The van der Waals surface area contributed by atoms with E-state index in [0.717, 1.165) is 4.47 Å². The van der Waals surface area contributed by atoms with Crippen LogP contribution in [-0.4, -0.2) is 4.57 Å². The van der Waals surface area contributed by atoms with Crippen molar-refractivity contribution in [1.29, 1.82) is 0 Å². The summed E-state index contributed by atoms with van der Waals surface area (Å²) in [7, 11) is 0. The molecule has 0 aliphatic rings. The molecule has 0 N–H and O–H groups in total. The van der Waals surface area contributed by atoms with E-state index in [4.69, 9.17) is 0 Å². The Kier molecular flexibility index (Phi) is 4.00. The van der Waals surface area contributed by atoms with E-state index >= 15 is 0 Å². The monoisotopic (exact) mass is 447 g/mol. The van der Waals surface area contributed by atoms with Crippen LogP contribution in [0.2, 0.25) is 0 Å². The average molecular weight is 448 g/mol. The number of nitrogens with zero attached hydrogens (tertiary/aromatic N) is 1. The minimum absolute atomic E-state index is 1.12. The Hall–Kier alpha value is -3.36. The van der Waals surface area contributed by atoms with Crippen LogP contribution in [0.15, 0.2) is 114 Å². The van der Waals surface area contributed by atoms with Gasteiger partial charge in [-0.15, -0.1) is 0 Å². The molecule has 0 aliphatic heterocycles. The number of fused-ring (bicyclic) bond motifs is 5. The topological polar surface area (TPSA) is 4.93 Å². The molecule has 0 spiro atoms. The van der Waals surface area contributed by atoms with Gasteiger partial charge in [-0.3, -0.25) is 0 Å². The normalized spacial score (nSPS) is 11.5. The van der Waals surface area contributed by atoms with Gasteiger partial charge >= 0.3 is 0 Å². The van der Waals surface area contributed by atoms with Crippen LogP contribution < -0.4 is 0 Å². The SMILES string of the molecule is Brc1cc2c(c3ccccc13)c1ccccc1n2-c1ccc(-c2ccccc2)cc1. The lowest BCUT2D eigenvalue weighted by atomic mass is 10.0. The summed E-state index contributed by atoms with van der Waals surface area (Å²) in [6, 6.07) is 38.9. The highest BCUT2D eigenvalue weighted by atomic mass is 79.9. The summed E-state index contributed by atoms with van der Waals surface area (Å²) in [6.45, 7) is 0. The zero-order chi connectivity index (χ0) is 20.1. The Bertz CT molecular complexity index is 1530. The Morgan fingerprint density at radius 1 is 0.500 bits per heavy atom. The molecule has 0 fully saturated rings. The third kappa shape index (κ3) is 2.61. The molecule has 6 aromatic rings. The molecule has 5 aromatic carbocycles. The fourth-order valence-electron chi connectivity index (χ4n) is 4.50. The van der Waals surface area contributed by atoms with E-state index in [1.807, 2.05) is 0 Å². The maximum absolute atomic E-state index is 3.81. The summed E-state index contributed by atoms with van der Waals surface area (Å²) in [5, 5.41) is 5.10. The molecule has 2 heteroatoms. The minimum atomic E-state index is 1.12. The molecule has 6 rings (SSSR count). The first kappa shape index (κ1) is 17.5. The molecule has 0 saturated heterocycles. The van der Waals surface area contributed by atoms with Crippen LogP contribution in [0.1, 0.15) is 0 Å². The molecular weight excluding hydrogens is 430 g/mol. The summed E-state index contributed by atoms with van der Waals surface area (Å²) in [6.07, 6.45) is 0. The van der Waals surface area contributed by atoms with Crippen LogP contribution in [0, 0.1) is 0 Å². The zero-order valence-corrected chi connectivity index (χ0v) is 17.8. The van der Waals surface area contributed by atoms with Crippen molar-refractivity contribution >= 4 is 48.5 Å². The fraction of sp³-hybridized carbons (Fsp3) is 0. The number of rotatable bonds is 2. The summed E-state index contributed by atoms with van der Waals surface area (Å²) in [4.78, 5) is 0. The summed E-state index contributed by atoms with van der Waals surface area (Å²) in [5.41, 5.74) is 6.08. The van der Waals surface area contributed by atoms with Crippen molar-refractivity contribution in [3.63, 3.8) is 0 Å². The van der Waals surface area contributed by atoms with Crippen molar-refractivity contribution < 1.29 is 0 Å². The largest absolute Gasteiger partial charge is 0.309 e. The van der Waals surface area contributed by atoms with Gasteiger partial charge in [0, 0.05) is 20.9 Å². The van der Waals surface area contributed by atoms with E-state index in [1.165, 1.54) is 49.4 Å². The van der Waals surface area contributed by atoms with Gasteiger partial charge in [0.05, 0.1) is 11.0 Å². The molecule has 0 amide bonds. The van der Waals surface area contributed by atoms with Crippen molar-refractivity contribution in [1.82, 2.24) is 4.57 Å². The van der Waals surface area contributed by atoms with Gasteiger partial charge in [0.25, 0.3) is 0 Å². The van der Waals surface area contributed by atoms with Crippen LogP contribution in [0.25, 0.3) is 49.4 Å². The van der Waals surface area contributed by atoms with Crippen LogP contribution in [-0.2, 0) is 0 Å². The first-order valence-corrected chi connectivity index (χ1v) is 10.9. The van der Waals surface area contributed by atoms with Gasteiger partial charge in [0.1, 0.15) is 0 Å². The molecule has 1 nitrogen and oxygen atoms in total. The van der Waals surface area contributed by atoms with Gasteiger partial charge in [0.15, 0.2) is 0 Å². The standard InChI is InChI=1S/C28H18BrN/c29-25-18-27-28(23-11-5-4-10-22(23)25)24-12-6-7-13-26(24)30(27)21-16-14-20(15-17-21)19-8-2-1-3-9-19/h1-18H. The number of halogens is 1. The van der Waals surface area contributed by atoms with Crippen LogP contribution in [0.4, 0.5) is 0 Å². The average Bonchev–Trinajstić information content (AvgIpc) is 3.14. The first-order valence-electron chi connectivity index (χ1n) is 10.1. The molecule has 0 unspecified atom stereocenters. The predicted octanol–water partition coefficient (Wildman–Crippen LogP) is 8.37. The maximum Gasteiger partial charge on any atom is 0.0558 e. The Balaban J connectivity index is 1.66. The second-order valence-corrected chi connectivity index (χ2v) is 8.42. The molecule has 0 radical (unpaired) electrons. The molecule has 1 heterocycles. The Labute approximate surface area is 183 Å². The summed E-state index contributed by atoms with van der Waals surface area (Å²) < 4.78 is 3.49. The molecule has 142 valence electrons. The molecule has 0 bridgehead atoms. The van der Waals surface area contributed by atoms with Crippen LogP contribution >= 0.6 is 15.9 Å². The van der Waals surface area contributed by atoms with Gasteiger partial charge in [-0.2, -0.15) is 0 Å². The Morgan fingerprint density at radius 3 is 1.87 bits per heavy atom. The van der Waals surface area contributed by atoms with Crippen molar-refractivity contribution in [3.05, 3.63) is 114 Å². The van der Waals surface area contributed by atoms with Crippen molar-refractivity contribution in [2.45, 2.75) is 0 Å². The van der Waals surface area contributed by atoms with Gasteiger partial charge in [-0.1, -0.05) is 101 Å². The first-order chi connectivity index (χ1) is 14.8. The van der Waals surface area contributed by atoms with Gasteiger partial charge < -0.3 is 4.57 Å². The number of benzene rings is 5. The molecular formula is C28H18BrN. The minimum Gasteiger partial charge on any atom is -0.309 e. The lowest BCUT2D eigenvalue weighted by molar-refractivity contribution is 1.18. The van der Waals surface area contributed by atoms with Crippen molar-refractivity contribution in [2.75, 3.05) is 0 Å².